The Bertz CT molecular complexity index is 1190. The number of hydrogen-bond donors (Lipinski definition) is 1. The van der Waals surface area contributed by atoms with E-state index in [1.807, 2.05) is 48.5 Å². The first-order valence-electron chi connectivity index (χ1n) is 9.65. The third kappa shape index (κ3) is 3.59. The first-order chi connectivity index (χ1) is 14.1. The van der Waals surface area contributed by atoms with E-state index >= 15 is 0 Å². The van der Waals surface area contributed by atoms with E-state index < -0.39 is 0 Å². The molecular weight excluding hydrogens is 364 g/mol. The number of aryl methyl sites for hydroxylation is 1. The first kappa shape index (κ1) is 18.8. The van der Waals surface area contributed by atoms with Crippen LogP contribution in [0.1, 0.15) is 22.3 Å². The fraction of sp³-hybridized carbons (Fsp3) is 0.261. The molecule has 3 aromatic rings. The minimum atomic E-state index is -0.184. The van der Waals surface area contributed by atoms with Gasteiger partial charge in [-0.2, -0.15) is 5.26 Å². The van der Waals surface area contributed by atoms with Gasteiger partial charge in [0.25, 0.3) is 5.56 Å². The van der Waals surface area contributed by atoms with E-state index in [4.69, 9.17) is 5.26 Å². The van der Waals surface area contributed by atoms with E-state index in [0.29, 0.717) is 25.1 Å². The van der Waals surface area contributed by atoms with Crippen molar-refractivity contribution in [1.82, 2.24) is 14.8 Å². The summed E-state index contributed by atoms with van der Waals surface area (Å²) in [6.45, 7) is 1.29. The molecule has 2 aromatic carbocycles. The molecule has 0 spiro atoms. The Morgan fingerprint density at radius 1 is 1.17 bits per heavy atom. The zero-order chi connectivity index (χ0) is 20.4. The molecule has 0 atom stereocenters. The van der Waals surface area contributed by atoms with Gasteiger partial charge in [0.15, 0.2) is 0 Å². The molecule has 0 fully saturated rings. The predicted molar refractivity (Wildman–Crippen MR) is 111 cm³/mol. The van der Waals surface area contributed by atoms with Crippen LogP contribution in [0.15, 0.2) is 53.3 Å². The number of pyridine rings is 1. The Kier molecular flexibility index (Phi) is 5.05. The number of para-hydroxylation sites is 1. The lowest BCUT2D eigenvalue weighted by molar-refractivity contribution is 0.192. The quantitative estimate of drug-likeness (QED) is 0.752. The number of carbonyl (C=O) groups is 1. The predicted octanol–water partition coefficient (Wildman–Crippen LogP) is 2.87. The standard InChI is InChI=1S/C23H22N4O2/c1-26-21-8-3-2-5-17(21)13-19(22(26)28)14-25-23(29)27-12-10-20-16(9-11-24)6-4-7-18(20)15-27/h2-8,13H,9-10,12,14-15H2,1H3,(H,25,29). The summed E-state index contributed by atoms with van der Waals surface area (Å²) in [5.41, 5.74) is 4.64. The number of aromatic nitrogens is 1. The fourth-order valence-electron chi connectivity index (χ4n) is 4.01. The number of hydrogen-bond acceptors (Lipinski definition) is 3. The van der Waals surface area contributed by atoms with Gasteiger partial charge in [0, 0.05) is 32.2 Å². The molecule has 0 radical (unpaired) electrons. The van der Waals surface area contributed by atoms with Gasteiger partial charge >= 0.3 is 6.03 Å². The van der Waals surface area contributed by atoms with Gasteiger partial charge in [-0.15, -0.1) is 0 Å². The highest BCUT2D eigenvalue weighted by atomic mass is 16.2. The van der Waals surface area contributed by atoms with Crippen LogP contribution in [0.5, 0.6) is 0 Å². The first-order valence-corrected chi connectivity index (χ1v) is 9.65. The minimum absolute atomic E-state index is 0.103. The summed E-state index contributed by atoms with van der Waals surface area (Å²) < 4.78 is 1.62. The third-order valence-corrected chi connectivity index (χ3v) is 5.56. The lowest BCUT2D eigenvalue weighted by Gasteiger charge is -2.30. The summed E-state index contributed by atoms with van der Waals surface area (Å²) in [7, 11) is 1.75. The van der Waals surface area contributed by atoms with Crippen molar-refractivity contribution in [2.45, 2.75) is 25.9 Å². The van der Waals surface area contributed by atoms with Crippen LogP contribution in [0.25, 0.3) is 10.9 Å². The largest absolute Gasteiger partial charge is 0.334 e. The highest BCUT2D eigenvalue weighted by Gasteiger charge is 2.22. The van der Waals surface area contributed by atoms with E-state index in [2.05, 4.69) is 11.4 Å². The Hall–Kier alpha value is -3.59. The number of amides is 2. The van der Waals surface area contributed by atoms with Crippen LogP contribution in [0, 0.1) is 11.3 Å². The lowest BCUT2D eigenvalue weighted by atomic mass is 9.93. The summed E-state index contributed by atoms with van der Waals surface area (Å²) in [4.78, 5) is 27.1. The van der Waals surface area contributed by atoms with Crippen LogP contribution in [-0.2, 0) is 33.0 Å². The van der Waals surface area contributed by atoms with Gasteiger partial charge < -0.3 is 14.8 Å². The summed E-state index contributed by atoms with van der Waals surface area (Å²) in [6.07, 6.45) is 1.12. The summed E-state index contributed by atoms with van der Waals surface area (Å²) in [5.74, 6) is 0. The maximum absolute atomic E-state index is 12.7. The molecule has 1 aliphatic rings. The van der Waals surface area contributed by atoms with Crippen molar-refractivity contribution in [3.63, 3.8) is 0 Å². The zero-order valence-electron chi connectivity index (χ0n) is 16.3. The van der Waals surface area contributed by atoms with Crippen molar-refractivity contribution in [3.8, 4) is 6.07 Å². The normalized spacial score (nSPS) is 13.0. The second kappa shape index (κ2) is 7.80. The summed E-state index contributed by atoms with van der Waals surface area (Å²) in [6, 6.07) is 17.5. The molecular formula is C23H22N4O2. The van der Waals surface area contributed by atoms with Gasteiger partial charge in [-0.05, 0) is 40.6 Å². The number of nitriles is 1. The molecule has 29 heavy (non-hydrogen) atoms. The smallest absolute Gasteiger partial charge is 0.317 e. The van der Waals surface area contributed by atoms with Crippen molar-refractivity contribution in [2.75, 3.05) is 6.54 Å². The molecule has 0 bridgehead atoms. The molecule has 0 saturated heterocycles. The van der Waals surface area contributed by atoms with Gasteiger partial charge in [-0.25, -0.2) is 4.79 Å². The second-order valence-electron chi connectivity index (χ2n) is 7.31. The Balaban J connectivity index is 1.48. The molecule has 0 aliphatic carbocycles. The van der Waals surface area contributed by atoms with Crippen LogP contribution in [0.2, 0.25) is 0 Å². The topological polar surface area (TPSA) is 78.1 Å². The summed E-state index contributed by atoms with van der Waals surface area (Å²) in [5, 5.41) is 12.9. The van der Waals surface area contributed by atoms with E-state index in [0.717, 1.165) is 28.5 Å². The van der Waals surface area contributed by atoms with Crippen LogP contribution in [0.4, 0.5) is 4.79 Å². The maximum Gasteiger partial charge on any atom is 0.317 e. The SMILES string of the molecule is Cn1c(=O)c(CNC(=O)N2CCc3c(CC#N)cccc3C2)cc2ccccc21. The average Bonchev–Trinajstić information content (AvgIpc) is 2.75. The zero-order valence-corrected chi connectivity index (χ0v) is 16.3. The molecule has 1 N–H and O–H groups in total. The lowest BCUT2D eigenvalue weighted by Crippen LogP contribution is -2.43. The van der Waals surface area contributed by atoms with Crippen LogP contribution < -0.4 is 10.9 Å². The van der Waals surface area contributed by atoms with Crippen molar-refractivity contribution in [2.24, 2.45) is 7.05 Å². The van der Waals surface area contributed by atoms with E-state index in [1.54, 1.807) is 16.5 Å². The number of carbonyl (C=O) groups excluding carboxylic acids is 1. The van der Waals surface area contributed by atoms with Crippen molar-refractivity contribution < 1.29 is 4.79 Å². The number of fused-ring (bicyclic) bond motifs is 2. The minimum Gasteiger partial charge on any atom is -0.334 e. The molecule has 0 unspecified atom stereocenters. The maximum atomic E-state index is 12.7. The highest BCUT2D eigenvalue weighted by molar-refractivity contribution is 5.80. The Morgan fingerprint density at radius 3 is 2.83 bits per heavy atom. The van der Waals surface area contributed by atoms with E-state index in [9.17, 15) is 9.59 Å². The van der Waals surface area contributed by atoms with Crippen molar-refractivity contribution in [3.05, 3.63) is 81.1 Å². The molecule has 4 rings (SSSR count). The molecule has 6 nitrogen and oxygen atoms in total. The summed E-state index contributed by atoms with van der Waals surface area (Å²) >= 11 is 0. The highest BCUT2D eigenvalue weighted by Crippen LogP contribution is 2.23. The van der Waals surface area contributed by atoms with Gasteiger partial charge in [0.05, 0.1) is 18.0 Å². The second-order valence-corrected chi connectivity index (χ2v) is 7.31. The number of rotatable bonds is 3. The molecule has 1 aliphatic heterocycles. The van der Waals surface area contributed by atoms with Gasteiger partial charge in [-0.1, -0.05) is 36.4 Å². The number of nitrogens with zero attached hydrogens (tertiary/aromatic N) is 3. The number of urea groups is 1. The van der Waals surface area contributed by atoms with Gasteiger partial charge in [0.2, 0.25) is 0 Å². The average molecular weight is 386 g/mol. The molecule has 146 valence electrons. The van der Waals surface area contributed by atoms with Gasteiger partial charge in [-0.3, -0.25) is 4.79 Å². The Morgan fingerprint density at radius 2 is 2.00 bits per heavy atom. The van der Waals surface area contributed by atoms with E-state index in [-0.39, 0.29) is 18.1 Å². The molecule has 2 heterocycles. The molecule has 0 saturated carbocycles. The molecule has 1 aromatic heterocycles. The van der Waals surface area contributed by atoms with Crippen molar-refractivity contribution >= 4 is 16.9 Å². The van der Waals surface area contributed by atoms with E-state index in [1.165, 1.54) is 5.56 Å². The van der Waals surface area contributed by atoms with Gasteiger partial charge in [0.1, 0.15) is 0 Å². The van der Waals surface area contributed by atoms with Crippen molar-refractivity contribution in [1.29, 1.82) is 5.26 Å². The number of nitrogens with one attached hydrogen (secondary N) is 1. The van der Waals surface area contributed by atoms with Crippen LogP contribution >= 0.6 is 0 Å². The fourth-order valence-corrected chi connectivity index (χ4v) is 4.01. The molecule has 6 heteroatoms. The monoisotopic (exact) mass is 386 g/mol. The van der Waals surface area contributed by atoms with Crippen LogP contribution in [0.3, 0.4) is 0 Å². The third-order valence-electron chi connectivity index (χ3n) is 5.56. The number of benzene rings is 2. The van der Waals surface area contributed by atoms with Crippen LogP contribution in [-0.4, -0.2) is 22.0 Å². The Labute approximate surface area is 169 Å². The molecule has 2 amide bonds.